The lowest BCUT2D eigenvalue weighted by Crippen LogP contribution is -2.38. The summed E-state index contributed by atoms with van der Waals surface area (Å²) < 4.78 is 0. The fourth-order valence-electron chi connectivity index (χ4n) is 2.32. The molecule has 6 heteroatoms. The van der Waals surface area contributed by atoms with Gasteiger partial charge in [-0.2, -0.15) is 11.3 Å². The van der Waals surface area contributed by atoms with Crippen molar-refractivity contribution in [2.45, 2.75) is 33.2 Å². The topological polar surface area (TPSA) is 70.5 Å². The lowest BCUT2D eigenvalue weighted by Gasteiger charge is -2.26. The van der Waals surface area contributed by atoms with E-state index in [0.717, 1.165) is 11.3 Å². The van der Waals surface area contributed by atoms with Crippen LogP contribution >= 0.6 is 11.3 Å². The van der Waals surface area contributed by atoms with Crippen molar-refractivity contribution in [2.24, 2.45) is 0 Å². The highest BCUT2D eigenvalue weighted by atomic mass is 32.1. The van der Waals surface area contributed by atoms with Gasteiger partial charge in [-0.25, -0.2) is 0 Å². The van der Waals surface area contributed by atoms with Crippen molar-refractivity contribution in [2.75, 3.05) is 6.54 Å². The number of hydrogen-bond acceptors (Lipinski definition) is 4. The number of carboxylic acids is 1. The van der Waals surface area contributed by atoms with Gasteiger partial charge in [0.05, 0.1) is 23.4 Å². The molecule has 0 fully saturated rings. The molecular formula is C17H20N2O3S. The van der Waals surface area contributed by atoms with E-state index in [1.165, 1.54) is 0 Å². The molecule has 1 amide bonds. The van der Waals surface area contributed by atoms with E-state index in [1.807, 2.05) is 36.7 Å². The molecular weight excluding hydrogens is 312 g/mol. The highest BCUT2D eigenvalue weighted by Crippen LogP contribution is 2.22. The molecule has 2 rings (SSSR count). The second-order valence-corrected chi connectivity index (χ2v) is 6.36. The lowest BCUT2D eigenvalue weighted by atomic mass is 10.1. The molecule has 0 saturated heterocycles. The molecule has 23 heavy (non-hydrogen) atoms. The SMILES string of the molecule is Cc1nc(-c2ccsc2)ccc1C(=O)N(CCC(=O)O)C(C)C. The van der Waals surface area contributed by atoms with Crippen LogP contribution in [0, 0.1) is 6.92 Å². The molecule has 0 aliphatic heterocycles. The van der Waals surface area contributed by atoms with E-state index in [-0.39, 0.29) is 24.9 Å². The highest BCUT2D eigenvalue weighted by Gasteiger charge is 2.21. The van der Waals surface area contributed by atoms with Crippen LogP contribution in [0.15, 0.2) is 29.0 Å². The van der Waals surface area contributed by atoms with Crippen molar-refractivity contribution in [3.05, 3.63) is 40.2 Å². The van der Waals surface area contributed by atoms with Crippen LogP contribution in [0.2, 0.25) is 0 Å². The van der Waals surface area contributed by atoms with E-state index in [9.17, 15) is 9.59 Å². The molecule has 2 heterocycles. The van der Waals surface area contributed by atoms with Gasteiger partial charge in [0.2, 0.25) is 0 Å². The fraction of sp³-hybridized carbons (Fsp3) is 0.353. The van der Waals surface area contributed by atoms with Crippen LogP contribution in [0.4, 0.5) is 0 Å². The number of hydrogen-bond donors (Lipinski definition) is 1. The van der Waals surface area contributed by atoms with Gasteiger partial charge in [0.1, 0.15) is 0 Å². The number of amides is 1. The Balaban J connectivity index is 2.25. The molecule has 0 saturated carbocycles. The molecule has 0 spiro atoms. The Morgan fingerprint density at radius 1 is 1.30 bits per heavy atom. The minimum Gasteiger partial charge on any atom is -0.481 e. The van der Waals surface area contributed by atoms with Crippen LogP contribution in [0.3, 0.4) is 0 Å². The van der Waals surface area contributed by atoms with Gasteiger partial charge in [0.15, 0.2) is 0 Å². The Bertz CT molecular complexity index is 696. The summed E-state index contributed by atoms with van der Waals surface area (Å²) in [5.74, 6) is -1.09. The number of carbonyl (C=O) groups excluding carboxylic acids is 1. The second kappa shape index (κ2) is 7.37. The molecule has 1 N–H and O–H groups in total. The quantitative estimate of drug-likeness (QED) is 0.879. The van der Waals surface area contributed by atoms with Crippen LogP contribution in [-0.4, -0.2) is 39.5 Å². The first kappa shape index (κ1) is 17.1. The van der Waals surface area contributed by atoms with Crippen LogP contribution in [0.25, 0.3) is 11.3 Å². The zero-order valence-electron chi connectivity index (χ0n) is 13.4. The van der Waals surface area contributed by atoms with Crippen molar-refractivity contribution in [3.8, 4) is 11.3 Å². The van der Waals surface area contributed by atoms with E-state index in [1.54, 1.807) is 29.2 Å². The third-order valence-electron chi connectivity index (χ3n) is 3.58. The van der Waals surface area contributed by atoms with E-state index in [2.05, 4.69) is 4.98 Å². The molecule has 0 aliphatic rings. The van der Waals surface area contributed by atoms with Crippen molar-refractivity contribution in [1.29, 1.82) is 0 Å². The maximum Gasteiger partial charge on any atom is 0.305 e. The zero-order valence-corrected chi connectivity index (χ0v) is 14.3. The first-order chi connectivity index (χ1) is 10.9. The highest BCUT2D eigenvalue weighted by molar-refractivity contribution is 7.08. The van der Waals surface area contributed by atoms with Crippen LogP contribution in [0.1, 0.15) is 36.3 Å². The number of nitrogens with zero attached hydrogens (tertiary/aromatic N) is 2. The van der Waals surface area contributed by atoms with E-state index in [4.69, 9.17) is 5.11 Å². The van der Waals surface area contributed by atoms with Gasteiger partial charge in [-0.1, -0.05) is 0 Å². The number of carboxylic acid groups (broad SMARTS) is 1. The summed E-state index contributed by atoms with van der Waals surface area (Å²) in [6.45, 7) is 5.75. The largest absolute Gasteiger partial charge is 0.481 e. The predicted molar refractivity (Wildman–Crippen MR) is 90.7 cm³/mol. The summed E-state index contributed by atoms with van der Waals surface area (Å²) in [6, 6.07) is 5.52. The Kier molecular flexibility index (Phi) is 5.50. The summed E-state index contributed by atoms with van der Waals surface area (Å²) in [5, 5.41) is 12.8. The predicted octanol–water partition coefficient (Wildman–Crippen LogP) is 3.44. The number of aromatic nitrogens is 1. The number of thiophene rings is 1. The molecule has 122 valence electrons. The molecule has 5 nitrogen and oxygen atoms in total. The number of aliphatic carboxylic acids is 1. The van der Waals surface area contributed by atoms with Crippen molar-refractivity contribution in [1.82, 2.24) is 9.88 Å². The minimum absolute atomic E-state index is 0.0661. The van der Waals surface area contributed by atoms with Gasteiger partial charge in [0, 0.05) is 23.5 Å². The van der Waals surface area contributed by atoms with E-state index < -0.39 is 5.97 Å². The minimum atomic E-state index is -0.911. The number of carbonyl (C=O) groups is 2. The summed E-state index contributed by atoms with van der Waals surface area (Å²) in [4.78, 5) is 29.6. The molecule has 2 aromatic rings. The van der Waals surface area contributed by atoms with E-state index in [0.29, 0.717) is 11.3 Å². The van der Waals surface area contributed by atoms with Gasteiger partial charge in [0.25, 0.3) is 5.91 Å². The monoisotopic (exact) mass is 332 g/mol. The molecule has 2 aromatic heterocycles. The first-order valence-corrected chi connectivity index (χ1v) is 8.37. The van der Waals surface area contributed by atoms with Gasteiger partial charge >= 0.3 is 5.97 Å². The van der Waals surface area contributed by atoms with Gasteiger partial charge in [-0.3, -0.25) is 14.6 Å². The molecule has 0 unspecified atom stereocenters. The fourth-order valence-corrected chi connectivity index (χ4v) is 2.97. The maximum absolute atomic E-state index is 12.7. The Hall–Kier alpha value is -2.21. The smallest absolute Gasteiger partial charge is 0.305 e. The molecule has 0 aliphatic carbocycles. The Morgan fingerprint density at radius 2 is 2.04 bits per heavy atom. The maximum atomic E-state index is 12.7. The first-order valence-electron chi connectivity index (χ1n) is 7.43. The third-order valence-corrected chi connectivity index (χ3v) is 4.27. The second-order valence-electron chi connectivity index (χ2n) is 5.58. The van der Waals surface area contributed by atoms with Gasteiger partial charge < -0.3 is 10.0 Å². The number of rotatable bonds is 6. The molecule has 0 atom stereocenters. The zero-order chi connectivity index (χ0) is 17.0. The van der Waals surface area contributed by atoms with E-state index >= 15 is 0 Å². The standard InChI is InChI=1S/C17H20N2O3S/c1-11(2)19(8-6-16(20)21)17(22)14-4-5-15(18-12(14)3)13-7-9-23-10-13/h4-5,7,9-11H,6,8H2,1-3H3,(H,20,21). The summed E-state index contributed by atoms with van der Waals surface area (Å²) >= 11 is 1.60. The lowest BCUT2D eigenvalue weighted by molar-refractivity contribution is -0.137. The summed E-state index contributed by atoms with van der Waals surface area (Å²) in [7, 11) is 0. The third kappa shape index (κ3) is 4.16. The number of pyridine rings is 1. The summed E-state index contributed by atoms with van der Waals surface area (Å²) in [5.41, 5.74) is 3.04. The van der Waals surface area contributed by atoms with Gasteiger partial charge in [-0.05, 0) is 44.4 Å². The number of aryl methyl sites for hydroxylation is 1. The average Bonchev–Trinajstić information content (AvgIpc) is 3.00. The average molecular weight is 332 g/mol. The van der Waals surface area contributed by atoms with Crippen molar-refractivity contribution in [3.63, 3.8) is 0 Å². The summed E-state index contributed by atoms with van der Waals surface area (Å²) in [6.07, 6.45) is -0.0661. The molecule has 0 bridgehead atoms. The van der Waals surface area contributed by atoms with Crippen LogP contribution in [0.5, 0.6) is 0 Å². The normalized spacial score (nSPS) is 10.8. The Morgan fingerprint density at radius 3 is 2.57 bits per heavy atom. The molecule has 0 aromatic carbocycles. The van der Waals surface area contributed by atoms with Crippen molar-refractivity contribution >= 4 is 23.2 Å². The van der Waals surface area contributed by atoms with Crippen LogP contribution < -0.4 is 0 Å². The van der Waals surface area contributed by atoms with Crippen LogP contribution in [-0.2, 0) is 4.79 Å². The van der Waals surface area contributed by atoms with Crippen molar-refractivity contribution < 1.29 is 14.7 Å². The Labute approximate surface area is 139 Å². The van der Waals surface area contributed by atoms with Gasteiger partial charge in [-0.15, -0.1) is 0 Å². The molecule has 0 radical (unpaired) electrons.